The SMILES string of the molecule is COc1ccc(CNC(=O)[C@H](CCN)NC(=O)[C@H](CC(=O)N(c2ccc(C)c(S(N)(=O)=O)c2)c2nccc(N(C)c3ccc4c(C)n(C)nc4c3)n2)NC(=O)[C@@H](N)CCC(=O)O)cc1. The average Bonchev–Trinajstić information content (AvgIpc) is 3.55. The van der Waals surface area contributed by atoms with Crippen molar-refractivity contribution < 1.29 is 42.2 Å². The fourth-order valence-electron chi connectivity index (χ4n) is 6.63. The van der Waals surface area contributed by atoms with Gasteiger partial charge in [0.25, 0.3) is 0 Å². The van der Waals surface area contributed by atoms with Crippen molar-refractivity contribution in [2.24, 2.45) is 23.7 Å². The largest absolute Gasteiger partial charge is 0.497 e. The van der Waals surface area contributed by atoms with Gasteiger partial charge in [-0.05, 0) is 92.9 Å². The molecular formula is C42H52N12O9S. The number of ether oxygens (including phenoxy) is 1. The normalized spacial score (nSPS) is 12.8. The van der Waals surface area contributed by atoms with Gasteiger partial charge in [-0.1, -0.05) is 18.2 Å². The quantitative estimate of drug-likeness (QED) is 0.0579. The highest BCUT2D eigenvalue weighted by molar-refractivity contribution is 7.89. The van der Waals surface area contributed by atoms with Crippen LogP contribution in [0.1, 0.15) is 42.5 Å². The van der Waals surface area contributed by atoms with Crippen molar-refractivity contribution in [1.82, 2.24) is 35.7 Å². The molecule has 3 aromatic carbocycles. The number of benzene rings is 3. The Morgan fingerprint density at radius 2 is 1.59 bits per heavy atom. The molecule has 21 nitrogen and oxygen atoms in total. The maximum atomic E-state index is 14.7. The molecular weight excluding hydrogens is 849 g/mol. The summed E-state index contributed by atoms with van der Waals surface area (Å²) in [6.07, 6.45) is -0.270. The fraction of sp³-hybridized carbons (Fsp3) is 0.333. The molecule has 22 heteroatoms. The minimum absolute atomic E-state index is 0.0397. The van der Waals surface area contributed by atoms with Crippen molar-refractivity contribution in [2.45, 2.75) is 69.1 Å². The van der Waals surface area contributed by atoms with Gasteiger partial charge in [-0.25, -0.2) is 23.4 Å². The van der Waals surface area contributed by atoms with Crippen LogP contribution in [0, 0.1) is 13.8 Å². The monoisotopic (exact) mass is 900 g/mol. The van der Waals surface area contributed by atoms with E-state index in [2.05, 4.69) is 31.0 Å². The number of amides is 4. The molecule has 0 fully saturated rings. The number of carbonyl (C=O) groups excluding carboxylic acids is 4. The number of fused-ring (bicyclic) bond motifs is 1. The number of carboxylic acid groups (broad SMARTS) is 1. The molecule has 0 bridgehead atoms. The molecule has 2 aromatic heterocycles. The van der Waals surface area contributed by atoms with Crippen molar-refractivity contribution in [3.8, 4) is 5.75 Å². The number of rotatable bonds is 20. The van der Waals surface area contributed by atoms with Crippen LogP contribution in [0.15, 0.2) is 77.8 Å². The second-order valence-corrected chi connectivity index (χ2v) is 16.4. The third-order valence-electron chi connectivity index (χ3n) is 10.4. The van der Waals surface area contributed by atoms with E-state index >= 15 is 0 Å². The van der Waals surface area contributed by atoms with E-state index in [9.17, 15) is 37.5 Å². The smallest absolute Gasteiger partial charge is 0.303 e. The highest BCUT2D eigenvalue weighted by atomic mass is 32.2. The first-order chi connectivity index (χ1) is 30.3. The highest BCUT2D eigenvalue weighted by Gasteiger charge is 2.33. The summed E-state index contributed by atoms with van der Waals surface area (Å²) in [5, 5.41) is 28.0. The zero-order valence-electron chi connectivity index (χ0n) is 35.9. The lowest BCUT2D eigenvalue weighted by atomic mass is 10.1. The molecule has 10 N–H and O–H groups in total. The second kappa shape index (κ2) is 20.9. The number of aliphatic carboxylic acids is 1. The number of hydrogen-bond acceptors (Lipinski definition) is 14. The zero-order chi connectivity index (χ0) is 46.9. The Kier molecular flexibility index (Phi) is 15.7. The van der Waals surface area contributed by atoms with Crippen molar-refractivity contribution in [2.75, 3.05) is 30.5 Å². The van der Waals surface area contributed by atoms with Gasteiger partial charge in [-0.2, -0.15) is 10.1 Å². The Hall–Kier alpha value is -7.01. The summed E-state index contributed by atoms with van der Waals surface area (Å²) in [5.74, 6) is -4.06. The molecule has 5 rings (SSSR count). The minimum Gasteiger partial charge on any atom is -0.497 e. The summed E-state index contributed by atoms with van der Waals surface area (Å²) in [6.45, 7) is 3.49. The van der Waals surface area contributed by atoms with Crippen LogP contribution in [0.5, 0.6) is 5.75 Å². The molecule has 0 spiro atoms. The second-order valence-electron chi connectivity index (χ2n) is 14.9. The lowest BCUT2D eigenvalue weighted by molar-refractivity contribution is -0.137. The Bertz CT molecular complexity index is 2640. The number of aryl methyl sites for hydroxylation is 3. The van der Waals surface area contributed by atoms with Crippen molar-refractivity contribution in [3.63, 3.8) is 0 Å². The first-order valence-electron chi connectivity index (χ1n) is 20.0. The predicted molar refractivity (Wildman–Crippen MR) is 237 cm³/mol. The number of methoxy groups -OCH3 is 1. The van der Waals surface area contributed by atoms with E-state index in [1.165, 1.54) is 32.4 Å². The van der Waals surface area contributed by atoms with E-state index in [1.54, 1.807) is 47.0 Å². The predicted octanol–water partition coefficient (Wildman–Crippen LogP) is 1.29. The van der Waals surface area contributed by atoms with Crippen molar-refractivity contribution in [1.29, 1.82) is 0 Å². The van der Waals surface area contributed by atoms with Gasteiger partial charge in [0, 0.05) is 50.0 Å². The van der Waals surface area contributed by atoms with Gasteiger partial charge in [0.2, 0.25) is 39.6 Å². The molecule has 5 aromatic rings. The first kappa shape index (κ1) is 48.0. The number of primary sulfonamides is 1. The number of nitrogens with zero attached hydrogens (tertiary/aromatic N) is 6. The summed E-state index contributed by atoms with van der Waals surface area (Å²) in [6, 6.07) is 13.7. The fourth-order valence-corrected chi connectivity index (χ4v) is 7.43. The number of anilines is 4. The third kappa shape index (κ3) is 11.9. The van der Waals surface area contributed by atoms with Crippen LogP contribution in [0.3, 0.4) is 0 Å². The Labute approximate surface area is 369 Å². The molecule has 64 heavy (non-hydrogen) atoms. The molecule has 0 radical (unpaired) electrons. The van der Waals surface area contributed by atoms with Gasteiger partial charge >= 0.3 is 5.97 Å². The molecule has 0 saturated heterocycles. The number of nitrogens with one attached hydrogen (secondary N) is 3. The topological polar surface area (TPSA) is 313 Å². The number of carbonyl (C=O) groups is 5. The number of nitrogens with two attached hydrogens (primary N) is 3. The number of aromatic nitrogens is 4. The van der Waals surface area contributed by atoms with Crippen LogP contribution in [0.2, 0.25) is 0 Å². The number of hydrogen-bond donors (Lipinski definition) is 7. The van der Waals surface area contributed by atoms with Gasteiger partial charge in [-0.3, -0.25) is 28.7 Å². The average molecular weight is 901 g/mol. The van der Waals surface area contributed by atoms with Gasteiger partial charge in [-0.15, -0.1) is 0 Å². The third-order valence-corrected chi connectivity index (χ3v) is 11.4. The van der Waals surface area contributed by atoms with E-state index in [-0.39, 0.29) is 48.0 Å². The highest BCUT2D eigenvalue weighted by Crippen LogP contribution is 2.31. The lowest BCUT2D eigenvalue weighted by Crippen LogP contribution is -2.57. The Morgan fingerprint density at radius 1 is 0.906 bits per heavy atom. The number of carboxylic acids is 1. The molecule has 0 saturated carbocycles. The number of sulfonamides is 1. The molecule has 0 aliphatic rings. The van der Waals surface area contributed by atoms with Gasteiger partial charge < -0.3 is 42.2 Å². The van der Waals surface area contributed by atoms with Gasteiger partial charge in [0.05, 0.1) is 35.7 Å². The van der Waals surface area contributed by atoms with E-state index in [0.717, 1.165) is 33.1 Å². The van der Waals surface area contributed by atoms with Gasteiger partial charge in [0.1, 0.15) is 23.7 Å². The van der Waals surface area contributed by atoms with Crippen LogP contribution >= 0.6 is 0 Å². The summed E-state index contributed by atoms with van der Waals surface area (Å²) < 4.78 is 32.3. The van der Waals surface area contributed by atoms with Gasteiger partial charge in [0.15, 0.2) is 0 Å². The minimum atomic E-state index is -4.33. The molecule has 4 amide bonds. The zero-order valence-corrected chi connectivity index (χ0v) is 36.8. The summed E-state index contributed by atoms with van der Waals surface area (Å²) >= 11 is 0. The first-order valence-corrected chi connectivity index (χ1v) is 21.5. The van der Waals surface area contributed by atoms with Crippen molar-refractivity contribution >= 4 is 73.7 Å². The van der Waals surface area contributed by atoms with E-state index < -0.39 is 70.6 Å². The van der Waals surface area contributed by atoms with E-state index in [0.29, 0.717) is 17.3 Å². The molecule has 0 aliphatic carbocycles. The van der Waals surface area contributed by atoms with Crippen LogP contribution in [0.4, 0.5) is 23.1 Å². The molecule has 340 valence electrons. The Morgan fingerprint density at radius 3 is 2.25 bits per heavy atom. The molecule has 3 atom stereocenters. The van der Waals surface area contributed by atoms with Crippen LogP contribution in [0.25, 0.3) is 10.9 Å². The summed E-state index contributed by atoms with van der Waals surface area (Å²) in [5.41, 5.74) is 15.1. The van der Waals surface area contributed by atoms with E-state index in [1.807, 2.05) is 32.2 Å². The maximum absolute atomic E-state index is 14.7. The maximum Gasteiger partial charge on any atom is 0.303 e. The summed E-state index contributed by atoms with van der Waals surface area (Å²) in [4.78, 5) is 78.4. The standard InChI is InChI=1S/C42H52N12O9S/c1-24-6-9-28(21-35(24)64(45,61)62)54(42-46-19-17-36(50-42)52(3)27-10-13-30-25(2)53(4)51-33(30)20-27)37(55)22-34(49-39(58)31(44)14-15-38(56)57)41(60)48-32(16-18-43)40(59)47-23-26-7-11-29(63-5)12-8-26/h6-13,17,19-21,31-32,34H,14-16,18,22-23,43-44H2,1-5H3,(H,47,59)(H,48,60)(H,49,58)(H,56,57)(H2,45,61,62)/t31-,32-,34-/m0/s1. The van der Waals surface area contributed by atoms with Crippen LogP contribution in [-0.4, -0.2) is 102 Å². The molecule has 0 aliphatic heterocycles. The Balaban J connectivity index is 1.51. The van der Waals surface area contributed by atoms with Crippen LogP contribution < -0.4 is 47.1 Å². The van der Waals surface area contributed by atoms with Crippen molar-refractivity contribution in [3.05, 3.63) is 89.7 Å². The van der Waals surface area contributed by atoms with E-state index in [4.69, 9.17) is 21.3 Å². The molecule has 2 heterocycles. The lowest BCUT2D eigenvalue weighted by Gasteiger charge is -2.27. The summed E-state index contributed by atoms with van der Waals surface area (Å²) in [7, 11) is 0.759. The van der Waals surface area contributed by atoms with Crippen LogP contribution in [-0.2, 0) is 47.6 Å². The molecule has 0 unspecified atom stereocenters.